The van der Waals surface area contributed by atoms with Gasteiger partial charge in [-0.2, -0.15) is 0 Å². The Bertz CT molecular complexity index is 778. The van der Waals surface area contributed by atoms with Gasteiger partial charge in [-0.25, -0.2) is 4.63 Å². The van der Waals surface area contributed by atoms with Gasteiger partial charge in [0, 0.05) is 18.8 Å². The number of aromatic nitrogens is 3. The summed E-state index contributed by atoms with van der Waals surface area (Å²) in [6.45, 7) is 6.30. The molecule has 0 saturated heterocycles. The largest absolute Gasteiger partial charge is 0.346 e. The third kappa shape index (κ3) is 3.88. The number of hydrogen-bond acceptors (Lipinski definition) is 6. The lowest BCUT2D eigenvalue weighted by Crippen LogP contribution is -2.36. The number of nitrogens with one attached hydrogen (secondary N) is 1. The molecule has 24 heavy (non-hydrogen) atoms. The van der Waals surface area contributed by atoms with Crippen LogP contribution in [-0.2, 0) is 6.54 Å². The summed E-state index contributed by atoms with van der Waals surface area (Å²) in [6.07, 6.45) is 1.73. The van der Waals surface area contributed by atoms with E-state index in [1.54, 1.807) is 30.7 Å². The van der Waals surface area contributed by atoms with Crippen molar-refractivity contribution in [3.05, 3.63) is 45.1 Å². The van der Waals surface area contributed by atoms with Crippen LogP contribution in [0.15, 0.2) is 21.7 Å². The molecule has 1 unspecified atom stereocenters. The zero-order valence-corrected chi connectivity index (χ0v) is 14.7. The predicted octanol–water partition coefficient (Wildman–Crippen LogP) is 0.901. The van der Waals surface area contributed by atoms with Gasteiger partial charge in [0.15, 0.2) is 0 Å². The highest BCUT2D eigenvalue weighted by atomic mass is 16.6. The fraction of sp³-hybridized carbons (Fsp3) is 0.500. The summed E-state index contributed by atoms with van der Waals surface area (Å²) in [5.74, 6) is -0.425. The molecule has 1 amide bonds. The second kappa shape index (κ2) is 7.39. The molecule has 0 saturated carbocycles. The number of rotatable bonds is 6. The molecule has 1 N–H and O–H groups in total. The number of nitrogens with zero attached hydrogens (tertiary/aromatic N) is 4. The summed E-state index contributed by atoms with van der Waals surface area (Å²) >= 11 is 0. The Morgan fingerprint density at radius 2 is 2.08 bits per heavy atom. The molecule has 0 radical (unpaired) electrons. The van der Waals surface area contributed by atoms with E-state index in [2.05, 4.69) is 20.3 Å². The molecule has 1 atom stereocenters. The number of pyridine rings is 1. The van der Waals surface area contributed by atoms with Gasteiger partial charge in [-0.1, -0.05) is 10.3 Å². The van der Waals surface area contributed by atoms with Crippen molar-refractivity contribution in [2.45, 2.75) is 33.4 Å². The van der Waals surface area contributed by atoms with Crippen LogP contribution in [0.25, 0.3) is 0 Å². The highest BCUT2D eigenvalue weighted by Crippen LogP contribution is 2.08. The Hall–Kier alpha value is -2.48. The zero-order valence-electron chi connectivity index (χ0n) is 14.7. The van der Waals surface area contributed by atoms with Gasteiger partial charge in [0.25, 0.3) is 11.5 Å². The van der Waals surface area contributed by atoms with E-state index in [0.717, 1.165) is 0 Å². The van der Waals surface area contributed by atoms with Crippen molar-refractivity contribution < 1.29 is 9.42 Å². The number of carbonyl (C=O) groups is 1. The molecule has 0 aliphatic heterocycles. The Morgan fingerprint density at radius 3 is 2.67 bits per heavy atom. The molecule has 0 aliphatic carbocycles. The number of carbonyl (C=O) groups excluding carboxylic acids is 1. The highest BCUT2D eigenvalue weighted by Gasteiger charge is 2.19. The molecule has 2 aromatic rings. The Kier molecular flexibility index (Phi) is 5.50. The van der Waals surface area contributed by atoms with Crippen molar-refractivity contribution in [2.75, 3.05) is 20.6 Å². The summed E-state index contributed by atoms with van der Waals surface area (Å²) in [7, 11) is 3.88. The normalized spacial score (nSPS) is 12.4. The number of aryl methyl sites for hydroxylation is 2. The van der Waals surface area contributed by atoms with Crippen LogP contribution >= 0.6 is 0 Å². The van der Waals surface area contributed by atoms with Crippen LogP contribution in [-0.4, -0.2) is 46.3 Å². The maximum atomic E-state index is 12.7. The first-order valence-electron chi connectivity index (χ1n) is 7.74. The second-order valence-electron chi connectivity index (χ2n) is 6.18. The maximum Gasteiger partial charge on any atom is 0.263 e. The van der Waals surface area contributed by atoms with Crippen molar-refractivity contribution in [3.8, 4) is 0 Å². The molecule has 0 aliphatic rings. The van der Waals surface area contributed by atoms with E-state index in [1.807, 2.05) is 25.9 Å². The quantitative estimate of drug-likeness (QED) is 0.844. The van der Waals surface area contributed by atoms with Gasteiger partial charge in [0.2, 0.25) is 0 Å². The van der Waals surface area contributed by atoms with E-state index in [4.69, 9.17) is 0 Å². The van der Waals surface area contributed by atoms with E-state index in [-0.39, 0.29) is 23.7 Å². The predicted molar refractivity (Wildman–Crippen MR) is 88.9 cm³/mol. The van der Waals surface area contributed by atoms with Gasteiger partial charge in [-0.15, -0.1) is 0 Å². The summed E-state index contributed by atoms with van der Waals surface area (Å²) < 4.78 is 6.18. The topological polar surface area (TPSA) is 93.3 Å². The lowest BCUT2D eigenvalue weighted by molar-refractivity contribution is 0.0947. The fourth-order valence-electron chi connectivity index (χ4n) is 2.54. The maximum absolute atomic E-state index is 12.7. The van der Waals surface area contributed by atoms with Crippen LogP contribution in [0.1, 0.15) is 40.3 Å². The van der Waals surface area contributed by atoms with Crippen molar-refractivity contribution in [1.29, 1.82) is 0 Å². The molecule has 0 spiro atoms. The van der Waals surface area contributed by atoms with Crippen LogP contribution in [0.5, 0.6) is 0 Å². The molecular weight excluding hydrogens is 310 g/mol. The Balaban J connectivity index is 2.24. The van der Waals surface area contributed by atoms with E-state index in [1.165, 1.54) is 0 Å². The van der Waals surface area contributed by atoms with Gasteiger partial charge < -0.3 is 14.8 Å². The van der Waals surface area contributed by atoms with Gasteiger partial charge in [-0.3, -0.25) is 9.59 Å². The van der Waals surface area contributed by atoms with Crippen LogP contribution in [0.4, 0.5) is 0 Å². The Morgan fingerprint density at radius 1 is 1.38 bits per heavy atom. The molecule has 0 fully saturated rings. The molecule has 8 heteroatoms. The summed E-state index contributed by atoms with van der Waals surface area (Å²) in [6, 6.07) is 1.74. The summed E-state index contributed by atoms with van der Waals surface area (Å²) in [5, 5.41) is 10.1. The molecule has 8 nitrogen and oxygen atoms in total. The van der Waals surface area contributed by atoms with Crippen molar-refractivity contribution in [1.82, 2.24) is 25.1 Å². The SMILES string of the molecule is Cc1ccn(C(C)CN(C)C)c(=O)c1C(=O)NCc1nonc1C. The van der Waals surface area contributed by atoms with Crippen molar-refractivity contribution >= 4 is 5.91 Å². The van der Waals surface area contributed by atoms with Gasteiger partial charge >= 0.3 is 0 Å². The number of amides is 1. The average molecular weight is 333 g/mol. The number of hydrogen-bond donors (Lipinski definition) is 1. The number of likely N-dealkylation sites (N-methyl/N-ethyl adjacent to an activating group) is 1. The van der Waals surface area contributed by atoms with Crippen LogP contribution in [0.2, 0.25) is 0 Å². The third-order valence-electron chi connectivity index (χ3n) is 3.82. The van der Waals surface area contributed by atoms with Gasteiger partial charge in [0.05, 0.1) is 6.54 Å². The second-order valence-corrected chi connectivity index (χ2v) is 6.18. The zero-order chi connectivity index (χ0) is 17.9. The highest BCUT2D eigenvalue weighted by molar-refractivity contribution is 5.95. The first-order chi connectivity index (χ1) is 11.3. The standard InChI is InChI=1S/C16H23N5O3/c1-10-6-7-21(11(2)9-20(4)5)16(23)14(10)15(22)17-8-13-12(3)18-24-19-13/h6-7,11H,8-9H2,1-5H3,(H,17,22). The molecular formula is C16H23N5O3. The summed E-state index contributed by atoms with van der Waals surface area (Å²) in [4.78, 5) is 27.2. The Labute approximate surface area is 140 Å². The lowest BCUT2D eigenvalue weighted by atomic mass is 10.1. The van der Waals surface area contributed by atoms with Crippen LogP contribution < -0.4 is 10.9 Å². The van der Waals surface area contributed by atoms with Crippen LogP contribution in [0.3, 0.4) is 0 Å². The van der Waals surface area contributed by atoms with Crippen molar-refractivity contribution in [2.24, 2.45) is 0 Å². The smallest absolute Gasteiger partial charge is 0.263 e. The fourth-order valence-corrected chi connectivity index (χ4v) is 2.54. The first kappa shape index (κ1) is 17.9. The van der Waals surface area contributed by atoms with Crippen molar-refractivity contribution in [3.63, 3.8) is 0 Å². The first-order valence-corrected chi connectivity index (χ1v) is 7.74. The molecule has 130 valence electrons. The third-order valence-corrected chi connectivity index (χ3v) is 3.82. The lowest BCUT2D eigenvalue weighted by Gasteiger charge is -2.20. The minimum Gasteiger partial charge on any atom is -0.346 e. The van der Waals surface area contributed by atoms with E-state index < -0.39 is 5.91 Å². The molecule has 2 rings (SSSR count). The van der Waals surface area contributed by atoms with E-state index in [9.17, 15) is 9.59 Å². The summed E-state index contributed by atoms with van der Waals surface area (Å²) in [5.41, 5.74) is 1.64. The minimum absolute atomic E-state index is 0.0402. The van der Waals surface area contributed by atoms with E-state index in [0.29, 0.717) is 23.5 Å². The molecule has 0 bridgehead atoms. The van der Waals surface area contributed by atoms with Crippen LogP contribution in [0, 0.1) is 13.8 Å². The van der Waals surface area contributed by atoms with E-state index >= 15 is 0 Å². The average Bonchev–Trinajstić information content (AvgIpc) is 2.89. The molecule has 0 aromatic carbocycles. The van der Waals surface area contributed by atoms with Gasteiger partial charge in [0.1, 0.15) is 17.0 Å². The monoisotopic (exact) mass is 333 g/mol. The van der Waals surface area contributed by atoms with Gasteiger partial charge in [-0.05, 0) is 46.5 Å². The molecule has 2 aromatic heterocycles. The minimum atomic E-state index is -0.425. The molecule has 2 heterocycles.